The van der Waals surface area contributed by atoms with Crippen LogP contribution >= 0.6 is 11.3 Å². The van der Waals surface area contributed by atoms with Gasteiger partial charge in [0.15, 0.2) is 0 Å². The van der Waals surface area contributed by atoms with Gasteiger partial charge >= 0.3 is 0 Å². The van der Waals surface area contributed by atoms with Gasteiger partial charge in [0.1, 0.15) is 4.88 Å². The molecule has 1 aromatic rings. The smallest absolute Gasteiger partial charge is 0.247 e. The molecule has 2 nitrogen and oxygen atoms in total. The Morgan fingerprint density at radius 3 is 3.11 bits per heavy atom. The van der Waals surface area contributed by atoms with Crippen LogP contribution in [0.25, 0.3) is 0 Å². The van der Waals surface area contributed by atoms with Crippen molar-refractivity contribution in [3.05, 3.63) is 16.6 Å². The summed E-state index contributed by atoms with van der Waals surface area (Å²) in [5.74, 6) is 1.70. The predicted molar refractivity (Wildman–Crippen MR) is 35.3 cm³/mol. The Labute approximate surface area is 56.5 Å². The van der Waals surface area contributed by atoms with Gasteiger partial charge in [0, 0.05) is 6.20 Å². The van der Waals surface area contributed by atoms with E-state index in [4.69, 9.17) is 6.42 Å². The van der Waals surface area contributed by atoms with Crippen LogP contribution in [0.15, 0.2) is 11.7 Å². The lowest BCUT2D eigenvalue weighted by molar-refractivity contribution is 0.106. The van der Waals surface area contributed by atoms with Gasteiger partial charge in [-0.2, -0.15) is 0 Å². The molecule has 0 atom stereocenters. The molecule has 0 spiro atoms. The van der Waals surface area contributed by atoms with Gasteiger partial charge in [-0.3, -0.25) is 9.78 Å². The minimum absolute atomic E-state index is 0.294. The molecule has 0 saturated heterocycles. The summed E-state index contributed by atoms with van der Waals surface area (Å²) < 4.78 is 0. The zero-order valence-electron chi connectivity index (χ0n) is 4.50. The molecule has 9 heavy (non-hydrogen) atoms. The number of nitrogens with zero attached hydrogens (tertiary/aromatic N) is 1. The van der Waals surface area contributed by atoms with E-state index < -0.39 is 0 Å². The van der Waals surface area contributed by atoms with Gasteiger partial charge in [-0.15, -0.1) is 17.8 Å². The maximum Gasteiger partial charge on any atom is 0.247 e. The molecule has 1 heterocycles. The standard InChI is InChI=1S/C6H3NOS/c1-2-5(8)6-3-7-4-9-6/h1,3-4H. The lowest BCUT2D eigenvalue weighted by atomic mass is 10.4. The fourth-order valence-corrected chi connectivity index (χ4v) is 0.922. The van der Waals surface area contributed by atoms with E-state index in [1.807, 2.05) is 5.92 Å². The van der Waals surface area contributed by atoms with Gasteiger partial charge in [-0.1, -0.05) is 0 Å². The Kier molecular flexibility index (Phi) is 1.61. The first-order valence-electron chi connectivity index (χ1n) is 2.24. The molecule has 0 bridgehead atoms. The number of thiazole rings is 1. The zero-order chi connectivity index (χ0) is 6.69. The van der Waals surface area contributed by atoms with E-state index in [1.165, 1.54) is 17.5 Å². The maximum atomic E-state index is 10.6. The fraction of sp³-hybridized carbons (Fsp3) is 0. The van der Waals surface area contributed by atoms with Crippen molar-refractivity contribution in [1.82, 2.24) is 4.98 Å². The van der Waals surface area contributed by atoms with Crippen LogP contribution in [0.5, 0.6) is 0 Å². The summed E-state index contributed by atoms with van der Waals surface area (Å²) in [7, 11) is 0. The molecular formula is C6H3NOS. The van der Waals surface area contributed by atoms with Crippen LogP contribution in [0.4, 0.5) is 0 Å². The lowest BCUT2D eigenvalue weighted by Gasteiger charge is -1.77. The van der Waals surface area contributed by atoms with Crippen LogP contribution in [0.3, 0.4) is 0 Å². The van der Waals surface area contributed by atoms with Crippen LogP contribution < -0.4 is 0 Å². The summed E-state index contributed by atoms with van der Waals surface area (Å²) >= 11 is 1.25. The van der Waals surface area contributed by atoms with Crippen LogP contribution in [0.2, 0.25) is 0 Å². The second-order valence-electron chi connectivity index (χ2n) is 1.34. The van der Waals surface area contributed by atoms with Gasteiger partial charge in [0.25, 0.3) is 0 Å². The quantitative estimate of drug-likeness (QED) is 0.328. The van der Waals surface area contributed by atoms with Crippen molar-refractivity contribution in [3.63, 3.8) is 0 Å². The van der Waals surface area contributed by atoms with Crippen molar-refractivity contribution in [2.24, 2.45) is 0 Å². The molecule has 0 unspecified atom stereocenters. The van der Waals surface area contributed by atoms with E-state index in [2.05, 4.69) is 4.98 Å². The number of hydrogen-bond donors (Lipinski definition) is 0. The first-order chi connectivity index (χ1) is 4.34. The van der Waals surface area contributed by atoms with Gasteiger partial charge in [-0.25, -0.2) is 0 Å². The number of rotatable bonds is 1. The third kappa shape index (κ3) is 1.15. The molecule has 0 aliphatic rings. The van der Waals surface area contributed by atoms with Crippen molar-refractivity contribution in [1.29, 1.82) is 0 Å². The second kappa shape index (κ2) is 2.42. The number of terminal acetylenes is 1. The molecule has 0 saturated carbocycles. The van der Waals surface area contributed by atoms with E-state index in [0.717, 1.165) is 0 Å². The molecule has 0 fully saturated rings. The highest BCUT2D eigenvalue weighted by molar-refractivity contribution is 7.11. The molecule has 0 amide bonds. The summed E-state index contributed by atoms with van der Waals surface area (Å²) in [6.07, 6.45) is 6.31. The van der Waals surface area contributed by atoms with Gasteiger partial charge in [-0.05, 0) is 5.92 Å². The molecule has 3 heteroatoms. The van der Waals surface area contributed by atoms with Gasteiger partial charge in [0.2, 0.25) is 5.78 Å². The topological polar surface area (TPSA) is 30.0 Å². The lowest BCUT2D eigenvalue weighted by Crippen LogP contribution is -1.87. The van der Waals surface area contributed by atoms with Crippen molar-refractivity contribution in [3.8, 4) is 12.3 Å². The highest BCUT2D eigenvalue weighted by atomic mass is 32.1. The van der Waals surface area contributed by atoms with Crippen molar-refractivity contribution in [2.75, 3.05) is 0 Å². The molecule has 0 aromatic carbocycles. The Morgan fingerprint density at radius 1 is 1.89 bits per heavy atom. The Balaban J connectivity index is 2.93. The number of Topliss-reactive ketones (excluding diaryl/α,β-unsaturated/α-hetero) is 1. The average Bonchev–Trinajstić information content (AvgIpc) is 2.37. The first-order valence-corrected chi connectivity index (χ1v) is 3.12. The normalized spacial score (nSPS) is 8.33. The number of carbonyl (C=O) groups excluding carboxylic acids is 1. The molecule has 0 radical (unpaired) electrons. The van der Waals surface area contributed by atoms with Gasteiger partial charge < -0.3 is 0 Å². The van der Waals surface area contributed by atoms with E-state index in [-0.39, 0.29) is 5.78 Å². The van der Waals surface area contributed by atoms with E-state index >= 15 is 0 Å². The molecule has 44 valence electrons. The van der Waals surface area contributed by atoms with Crippen molar-refractivity contribution in [2.45, 2.75) is 0 Å². The average molecular weight is 137 g/mol. The Bertz CT molecular complexity index is 245. The number of aromatic nitrogens is 1. The monoisotopic (exact) mass is 137 g/mol. The second-order valence-corrected chi connectivity index (χ2v) is 2.23. The third-order valence-electron chi connectivity index (χ3n) is 0.787. The van der Waals surface area contributed by atoms with Crippen LogP contribution in [0, 0.1) is 12.3 Å². The van der Waals surface area contributed by atoms with Gasteiger partial charge in [0.05, 0.1) is 5.51 Å². The van der Waals surface area contributed by atoms with Crippen molar-refractivity contribution >= 4 is 17.1 Å². The minimum Gasteiger partial charge on any atom is -0.278 e. The predicted octanol–water partition coefficient (Wildman–Crippen LogP) is 0.959. The summed E-state index contributed by atoms with van der Waals surface area (Å²) in [6, 6.07) is 0. The maximum absolute atomic E-state index is 10.6. The van der Waals surface area contributed by atoms with E-state index in [0.29, 0.717) is 4.88 Å². The first kappa shape index (κ1) is 5.99. The highest BCUT2D eigenvalue weighted by Crippen LogP contribution is 2.04. The molecule has 0 N–H and O–H groups in total. The molecule has 1 aromatic heterocycles. The molecule has 0 aliphatic heterocycles. The van der Waals surface area contributed by atoms with Crippen molar-refractivity contribution < 1.29 is 4.79 Å². The largest absolute Gasteiger partial charge is 0.278 e. The summed E-state index contributed by atoms with van der Waals surface area (Å²) in [5.41, 5.74) is 1.57. The Morgan fingerprint density at radius 2 is 2.67 bits per heavy atom. The Hall–Kier alpha value is -1.14. The number of hydrogen-bond acceptors (Lipinski definition) is 3. The SMILES string of the molecule is C#CC(=O)c1cncs1. The third-order valence-corrected chi connectivity index (χ3v) is 1.56. The van der Waals surface area contributed by atoms with E-state index in [1.54, 1.807) is 5.51 Å². The minimum atomic E-state index is -0.294. The zero-order valence-corrected chi connectivity index (χ0v) is 5.31. The summed E-state index contributed by atoms with van der Waals surface area (Å²) in [4.78, 5) is 14.8. The summed E-state index contributed by atoms with van der Waals surface area (Å²) in [5, 5.41) is 0. The number of ketones is 1. The van der Waals surface area contributed by atoms with Crippen LogP contribution in [-0.4, -0.2) is 10.8 Å². The molecule has 0 aliphatic carbocycles. The molecular weight excluding hydrogens is 134 g/mol. The fourth-order valence-electron chi connectivity index (χ4n) is 0.399. The summed E-state index contributed by atoms with van der Waals surface area (Å²) in [6.45, 7) is 0. The van der Waals surface area contributed by atoms with E-state index in [9.17, 15) is 4.79 Å². The molecule has 1 rings (SSSR count). The highest BCUT2D eigenvalue weighted by Gasteiger charge is 2.00. The van der Waals surface area contributed by atoms with Crippen LogP contribution in [0.1, 0.15) is 9.67 Å². The number of carbonyl (C=O) groups is 1. The van der Waals surface area contributed by atoms with Crippen LogP contribution in [-0.2, 0) is 0 Å².